The Kier molecular flexibility index (Phi) is 2.67. The lowest BCUT2D eigenvalue weighted by molar-refractivity contribution is 0.519. The molecule has 0 saturated heterocycles. The summed E-state index contributed by atoms with van der Waals surface area (Å²) in [6, 6.07) is 3.45. The molecule has 0 aromatic heterocycles. The third-order valence-corrected chi connectivity index (χ3v) is 2.35. The molecular weight excluding hydrogens is 187 g/mol. The average Bonchev–Trinajstić information content (AvgIpc) is 1.95. The maximum atomic E-state index is 13.7. The van der Waals surface area contributed by atoms with Gasteiger partial charge >= 0.3 is 0 Å². The number of rotatable bonds is 0. The van der Waals surface area contributed by atoms with Crippen LogP contribution in [0.4, 0.5) is 4.39 Å². The Labute approximate surface area is 83.7 Å². The Bertz CT molecular complexity index is 324. The fraction of sp³-hybridized carbons (Fsp3) is 0.455. The van der Waals surface area contributed by atoms with Crippen LogP contribution < -0.4 is 0 Å². The smallest absolute Gasteiger partial charge is 0.131 e. The molecule has 0 heterocycles. The molecule has 0 atom stereocenters. The summed E-state index contributed by atoms with van der Waals surface area (Å²) in [5.74, 6) is -0.181. The van der Waals surface area contributed by atoms with Crippen LogP contribution in [0.1, 0.15) is 31.9 Å². The Morgan fingerprint density at radius 3 is 2.15 bits per heavy atom. The highest BCUT2D eigenvalue weighted by Gasteiger charge is 2.22. The van der Waals surface area contributed by atoms with Crippen molar-refractivity contribution in [2.75, 3.05) is 0 Å². The van der Waals surface area contributed by atoms with Gasteiger partial charge in [-0.25, -0.2) is 4.39 Å². The molecule has 0 nitrogen and oxygen atoms in total. The van der Waals surface area contributed by atoms with Crippen molar-refractivity contribution in [3.63, 3.8) is 0 Å². The van der Waals surface area contributed by atoms with Crippen LogP contribution in [-0.2, 0) is 5.41 Å². The van der Waals surface area contributed by atoms with Gasteiger partial charge in [-0.15, -0.1) is 0 Å². The van der Waals surface area contributed by atoms with E-state index >= 15 is 0 Å². The summed E-state index contributed by atoms with van der Waals surface area (Å²) in [6.07, 6.45) is 0. The first-order valence-corrected chi connectivity index (χ1v) is 4.67. The minimum atomic E-state index is -0.243. The number of aryl methyl sites for hydroxylation is 1. The Hall–Kier alpha value is -0.560. The maximum Gasteiger partial charge on any atom is 0.131 e. The van der Waals surface area contributed by atoms with Crippen LogP contribution >= 0.6 is 11.6 Å². The Morgan fingerprint density at radius 1 is 1.23 bits per heavy atom. The van der Waals surface area contributed by atoms with Crippen molar-refractivity contribution in [3.05, 3.63) is 34.1 Å². The number of halogens is 2. The molecule has 72 valence electrons. The minimum Gasteiger partial charge on any atom is -0.206 e. The first-order chi connectivity index (χ1) is 5.84. The van der Waals surface area contributed by atoms with Gasteiger partial charge in [0.05, 0.1) is 0 Å². The van der Waals surface area contributed by atoms with Crippen molar-refractivity contribution in [1.82, 2.24) is 0 Å². The van der Waals surface area contributed by atoms with Crippen LogP contribution in [0, 0.1) is 12.7 Å². The maximum absolute atomic E-state index is 13.7. The average molecular weight is 201 g/mol. The molecule has 0 bridgehead atoms. The molecule has 0 spiro atoms. The molecule has 1 aromatic carbocycles. The highest BCUT2D eigenvalue weighted by molar-refractivity contribution is 6.31. The summed E-state index contributed by atoms with van der Waals surface area (Å²) < 4.78 is 13.7. The predicted octanol–water partition coefficient (Wildman–Crippen LogP) is 4.09. The molecule has 0 amide bonds. The van der Waals surface area contributed by atoms with Gasteiger partial charge < -0.3 is 0 Å². The van der Waals surface area contributed by atoms with Gasteiger partial charge in [0.25, 0.3) is 0 Å². The van der Waals surface area contributed by atoms with Gasteiger partial charge in [-0.1, -0.05) is 38.4 Å². The SMILES string of the molecule is Cc1ccc(Cl)c(C(C)(C)C)c1F. The van der Waals surface area contributed by atoms with E-state index in [-0.39, 0.29) is 11.2 Å². The molecule has 1 aromatic rings. The van der Waals surface area contributed by atoms with E-state index in [0.29, 0.717) is 16.1 Å². The molecule has 0 N–H and O–H groups in total. The van der Waals surface area contributed by atoms with Gasteiger partial charge in [-0.2, -0.15) is 0 Å². The Morgan fingerprint density at radius 2 is 1.77 bits per heavy atom. The van der Waals surface area contributed by atoms with Crippen LogP contribution in [-0.4, -0.2) is 0 Å². The lowest BCUT2D eigenvalue weighted by atomic mass is 9.85. The highest BCUT2D eigenvalue weighted by Crippen LogP contribution is 2.32. The van der Waals surface area contributed by atoms with E-state index in [0.717, 1.165) is 0 Å². The minimum absolute atomic E-state index is 0.181. The van der Waals surface area contributed by atoms with Gasteiger partial charge in [0.2, 0.25) is 0 Å². The van der Waals surface area contributed by atoms with Crippen LogP contribution in [0.15, 0.2) is 12.1 Å². The van der Waals surface area contributed by atoms with Crippen molar-refractivity contribution in [1.29, 1.82) is 0 Å². The van der Waals surface area contributed by atoms with E-state index < -0.39 is 0 Å². The molecule has 0 saturated carbocycles. The van der Waals surface area contributed by atoms with Crippen molar-refractivity contribution in [2.45, 2.75) is 33.1 Å². The topological polar surface area (TPSA) is 0 Å². The molecule has 0 aliphatic rings. The van der Waals surface area contributed by atoms with E-state index in [9.17, 15) is 4.39 Å². The van der Waals surface area contributed by atoms with Gasteiger partial charge in [0.15, 0.2) is 0 Å². The third kappa shape index (κ3) is 2.02. The van der Waals surface area contributed by atoms with Gasteiger partial charge in [0, 0.05) is 10.6 Å². The standard InChI is InChI=1S/C11H14ClF/c1-7-5-6-8(12)9(10(7)13)11(2,3)4/h5-6H,1-4H3. The van der Waals surface area contributed by atoms with Crippen molar-refractivity contribution in [2.24, 2.45) is 0 Å². The third-order valence-electron chi connectivity index (χ3n) is 2.03. The zero-order valence-corrected chi connectivity index (χ0v) is 9.17. The molecular formula is C11H14ClF. The van der Waals surface area contributed by atoms with E-state index in [1.807, 2.05) is 20.8 Å². The summed E-state index contributed by atoms with van der Waals surface area (Å²) in [5.41, 5.74) is 1.01. The molecule has 0 unspecified atom stereocenters. The predicted molar refractivity (Wildman–Crippen MR) is 54.8 cm³/mol. The summed E-state index contributed by atoms with van der Waals surface area (Å²) in [6.45, 7) is 7.62. The van der Waals surface area contributed by atoms with E-state index in [1.54, 1.807) is 19.1 Å². The summed E-state index contributed by atoms with van der Waals surface area (Å²) in [4.78, 5) is 0. The number of hydrogen-bond acceptors (Lipinski definition) is 0. The van der Waals surface area contributed by atoms with E-state index in [4.69, 9.17) is 11.6 Å². The molecule has 2 heteroatoms. The summed E-state index contributed by atoms with van der Waals surface area (Å²) >= 11 is 5.95. The van der Waals surface area contributed by atoms with Gasteiger partial charge in [0.1, 0.15) is 5.82 Å². The second-order valence-corrected chi connectivity index (χ2v) is 4.71. The molecule has 0 radical (unpaired) electrons. The largest absolute Gasteiger partial charge is 0.206 e. The van der Waals surface area contributed by atoms with Crippen LogP contribution in [0.25, 0.3) is 0 Å². The highest BCUT2D eigenvalue weighted by atomic mass is 35.5. The van der Waals surface area contributed by atoms with Gasteiger partial charge in [-0.3, -0.25) is 0 Å². The number of hydrogen-bond donors (Lipinski definition) is 0. The second kappa shape index (κ2) is 3.30. The van der Waals surface area contributed by atoms with Crippen LogP contribution in [0.3, 0.4) is 0 Å². The first kappa shape index (κ1) is 10.5. The lowest BCUT2D eigenvalue weighted by Gasteiger charge is -2.22. The van der Waals surface area contributed by atoms with Gasteiger partial charge in [-0.05, 0) is 24.0 Å². The summed E-state index contributed by atoms with van der Waals surface area (Å²) in [5, 5.41) is 0.510. The van der Waals surface area contributed by atoms with E-state index in [2.05, 4.69) is 0 Å². The monoisotopic (exact) mass is 200 g/mol. The molecule has 0 aliphatic carbocycles. The molecule has 0 aliphatic heterocycles. The molecule has 0 fully saturated rings. The molecule has 1 rings (SSSR count). The van der Waals surface area contributed by atoms with Crippen molar-refractivity contribution >= 4 is 11.6 Å². The van der Waals surface area contributed by atoms with Crippen LogP contribution in [0.5, 0.6) is 0 Å². The Balaban J connectivity index is 3.43. The number of benzene rings is 1. The quantitative estimate of drug-likeness (QED) is 0.592. The van der Waals surface area contributed by atoms with Crippen molar-refractivity contribution in [3.8, 4) is 0 Å². The van der Waals surface area contributed by atoms with Crippen molar-refractivity contribution < 1.29 is 4.39 Å². The zero-order chi connectivity index (χ0) is 10.2. The first-order valence-electron chi connectivity index (χ1n) is 4.29. The lowest BCUT2D eigenvalue weighted by Crippen LogP contribution is -2.15. The second-order valence-electron chi connectivity index (χ2n) is 4.30. The zero-order valence-electron chi connectivity index (χ0n) is 8.41. The van der Waals surface area contributed by atoms with Crippen LogP contribution in [0.2, 0.25) is 5.02 Å². The van der Waals surface area contributed by atoms with E-state index in [1.165, 1.54) is 0 Å². The molecule has 13 heavy (non-hydrogen) atoms. The fourth-order valence-electron chi connectivity index (χ4n) is 1.34. The summed E-state index contributed by atoms with van der Waals surface area (Å²) in [7, 11) is 0. The normalized spacial score (nSPS) is 11.8. The fourth-order valence-corrected chi connectivity index (χ4v) is 1.77.